The molecule has 2 aliphatic rings. The first-order chi connectivity index (χ1) is 7.59. The first-order valence-electron chi connectivity index (χ1n) is 6.66. The van der Waals surface area contributed by atoms with Crippen LogP contribution >= 0.6 is 10.3 Å². The lowest BCUT2D eigenvalue weighted by Gasteiger charge is -2.39. The molecule has 1 N–H and O–H groups in total. The van der Waals surface area contributed by atoms with Crippen LogP contribution in [0.5, 0.6) is 0 Å². The number of rotatable bonds is 3. The molecule has 0 radical (unpaired) electrons. The fourth-order valence-electron chi connectivity index (χ4n) is 3.11. The van der Waals surface area contributed by atoms with E-state index in [0.717, 1.165) is 48.2 Å². The monoisotopic (exact) mass is 246 g/mol. The topological polar surface area (TPSA) is 29.5 Å². The van der Waals surface area contributed by atoms with Crippen LogP contribution in [-0.2, 0) is 4.74 Å². The third-order valence-electron chi connectivity index (χ3n) is 4.29. The average molecular weight is 246 g/mol. The minimum Gasteiger partial charge on any atom is -0.380 e. The van der Waals surface area contributed by atoms with Crippen molar-refractivity contribution in [2.75, 3.05) is 30.5 Å². The Morgan fingerprint density at radius 3 is 2.50 bits per heavy atom. The highest BCUT2D eigenvalue weighted by Crippen LogP contribution is 2.50. The summed E-state index contributed by atoms with van der Waals surface area (Å²) in [4.78, 5) is 0. The van der Waals surface area contributed by atoms with Gasteiger partial charge in [-0.2, -0.15) is 0 Å². The molecule has 1 heterocycles. The molecular weight excluding hydrogens is 220 g/mol. The van der Waals surface area contributed by atoms with Crippen molar-refractivity contribution < 1.29 is 9.29 Å². The lowest BCUT2D eigenvalue weighted by molar-refractivity contribution is 0.155. The quantitative estimate of drug-likeness (QED) is 0.827. The maximum atomic E-state index is 10.6. The fraction of sp³-hybridized carbons (Fsp3) is 1.00. The van der Waals surface area contributed by atoms with Crippen LogP contribution in [0.4, 0.5) is 0 Å². The van der Waals surface area contributed by atoms with E-state index in [1.54, 1.807) is 0 Å². The zero-order valence-electron chi connectivity index (χ0n) is 10.7. The maximum Gasteiger partial charge on any atom is 0.0562 e. The summed E-state index contributed by atoms with van der Waals surface area (Å²) >= 11 is 0. The van der Waals surface area contributed by atoms with Gasteiger partial charge < -0.3 is 9.29 Å². The fourth-order valence-corrected chi connectivity index (χ4v) is 5.68. The Hall–Kier alpha value is 0.270. The molecule has 2 atom stereocenters. The van der Waals surface area contributed by atoms with E-state index in [1.165, 1.54) is 19.3 Å². The number of ether oxygens (including phenoxy) is 1. The molecule has 1 saturated heterocycles. The van der Waals surface area contributed by atoms with Gasteiger partial charge in [-0.1, -0.05) is 13.8 Å². The second-order valence-corrected chi connectivity index (χ2v) is 9.02. The highest BCUT2D eigenvalue weighted by molar-refractivity contribution is 8.29. The van der Waals surface area contributed by atoms with Crippen molar-refractivity contribution in [3.63, 3.8) is 0 Å². The van der Waals surface area contributed by atoms with Crippen LogP contribution in [0.15, 0.2) is 0 Å². The Morgan fingerprint density at radius 2 is 1.94 bits per heavy atom. The van der Waals surface area contributed by atoms with Crippen molar-refractivity contribution in [3.05, 3.63) is 0 Å². The van der Waals surface area contributed by atoms with Gasteiger partial charge in [0.25, 0.3) is 0 Å². The van der Waals surface area contributed by atoms with Gasteiger partial charge in [0.05, 0.1) is 13.2 Å². The van der Waals surface area contributed by atoms with Crippen LogP contribution in [-0.4, -0.2) is 35.0 Å². The van der Waals surface area contributed by atoms with Crippen molar-refractivity contribution in [3.8, 4) is 0 Å². The summed E-state index contributed by atoms with van der Waals surface area (Å²) in [5.74, 6) is 5.48. The molecule has 2 rings (SSSR count). The van der Waals surface area contributed by atoms with Crippen molar-refractivity contribution in [2.45, 2.75) is 33.1 Å². The van der Waals surface area contributed by atoms with Gasteiger partial charge in [0.1, 0.15) is 0 Å². The lowest BCUT2D eigenvalue weighted by atomic mass is 9.94. The smallest absolute Gasteiger partial charge is 0.0562 e. The van der Waals surface area contributed by atoms with Gasteiger partial charge in [0.2, 0.25) is 0 Å². The molecule has 0 bridgehead atoms. The Balaban J connectivity index is 1.81. The van der Waals surface area contributed by atoms with Gasteiger partial charge in [0, 0.05) is 17.3 Å². The predicted molar refractivity (Wildman–Crippen MR) is 71.3 cm³/mol. The Kier molecular flexibility index (Phi) is 4.20. The van der Waals surface area contributed by atoms with Crippen LogP contribution in [0.25, 0.3) is 0 Å². The molecule has 1 aliphatic carbocycles. The van der Waals surface area contributed by atoms with Crippen LogP contribution in [0, 0.1) is 17.8 Å². The van der Waals surface area contributed by atoms with E-state index in [-0.39, 0.29) is 0 Å². The molecule has 2 unspecified atom stereocenters. The highest BCUT2D eigenvalue weighted by atomic mass is 32.3. The molecule has 0 amide bonds. The molecule has 2 nitrogen and oxygen atoms in total. The summed E-state index contributed by atoms with van der Waals surface area (Å²) in [5.41, 5.74) is 0. The predicted octanol–water partition coefficient (Wildman–Crippen LogP) is 3.37. The molecule has 96 valence electrons. The Bertz CT molecular complexity index is 224. The van der Waals surface area contributed by atoms with Gasteiger partial charge in [0.15, 0.2) is 0 Å². The molecule has 0 spiro atoms. The zero-order valence-corrected chi connectivity index (χ0v) is 11.5. The van der Waals surface area contributed by atoms with Crippen LogP contribution < -0.4 is 0 Å². The largest absolute Gasteiger partial charge is 0.380 e. The van der Waals surface area contributed by atoms with Crippen LogP contribution in [0.3, 0.4) is 0 Å². The van der Waals surface area contributed by atoms with E-state index in [9.17, 15) is 4.55 Å². The number of hydrogen-bond donors (Lipinski definition) is 1. The minimum atomic E-state index is -1.30. The van der Waals surface area contributed by atoms with E-state index in [4.69, 9.17) is 4.74 Å². The first-order valence-corrected chi connectivity index (χ1v) is 8.75. The van der Waals surface area contributed by atoms with Crippen molar-refractivity contribution in [1.29, 1.82) is 0 Å². The second-order valence-electron chi connectivity index (χ2n) is 5.87. The molecule has 1 saturated carbocycles. The Labute approximate surface area is 101 Å². The summed E-state index contributed by atoms with van der Waals surface area (Å²) in [5, 5.41) is 0. The Morgan fingerprint density at radius 1 is 1.25 bits per heavy atom. The van der Waals surface area contributed by atoms with Gasteiger partial charge in [-0.25, -0.2) is 0 Å². The standard InChI is InChI=1S/C13H26O2S/c1-11(2)13-4-3-12(9-13)10-16(14)7-5-15-6-8-16/h11-14H,3-10H2,1-2H3. The third-order valence-corrected chi connectivity index (χ3v) is 7.23. The minimum absolute atomic E-state index is 0.784. The van der Waals surface area contributed by atoms with Gasteiger partial charge in [-0.15, -0.1) is 10.3 Å². The lowest BCUT2D eigenvalue weighted by Crippen LogP contribution is -2.27. The highest BCUT2D eigenvalue weighted by Gasteiger charge is 2.33. The van der Waals surface area contributed by atoms with Gasteiger partial charge in [-0.3, -0.25) is 0 Å². The molecular formula is C13H26O2S. The molecule has 3 heteroatoms. The van der Waals surface area contributed by atoms with E-state index >= 15 is 0 Å². The van der Waals surface area contributed by atoms with E-state index in [2.05, 4.69) is 13.8 Å². The molecule has 0 aromatic carbocycles. The summed E-state index contributed by atoms with van der Waals surface area (Å²) in [6, 6.07) is 0. The molecule has 2 fully saturated rings. The summed E-state index contributed by atoms with van der Waals surface area (Å²) in [6.07, 6.45) is 4.08. The SMILES string of the molecule is CC(C)C1CCC(CS2(O)CCOCC2)C1. The average Bonchev–Trinajstić information content (AvgIpc) is 2.66. The summed E-state index contributed by atoms with van der Waals surface area (Å²) < 4.78 is 15.9. The zero-order chi connectivity index (χ0) is 11.6. The molecule has 0 aromatic rings. The molecule has 0 aromatic heterocycles. The van der Waals surface area contributed by atoms with Crippen LogP contribution in [0.2, 0.25) is 0 Å². The van der Waals surface area contributed by atoms with Crippen molar-refractivity contribution in [2.24, 2.45) is 17.8 Å². The van der Waals surface area contributed by atoms with Gasteiger partial charge >= 0.3 is 0 Å². The second kappa shape index (κ2) is 5.28. The molecule has 16 heavy (non-hydrogen) atoms. The van der Waals surface area contributed by atoms with E-state index in [1.807, 2.05) is 0 Å². The van der Waals surface area contributed by atoms with Gasteiger partial charge in [-0.05, 0) is 37.0 Å². The maximum absolute atomic E-state index is 10.6. The van der Waals surface area contributed by atoms with Crippen molar-refractivity contribution in [1.82, 2.24) is 0 Å². The van der Waals surface area contributed by atoms with E-state index < -0.39 is 10.3 Å². The first kappa shape index (κ1) is 12.7. The van der Waals surface area contributed by atoms with Crippen LogP contribution in [0.1, 0.15) is 33.1 Å². The summed E-state index contributed by atoms with van der Waals surface area (Å²) in [6.45, 7) is 6.24. The van der Waals surface area contributed by atoms with E-state index in [0.29, 0.717) is 0 Å². The normalized spacial score (nSPS) is 36.5. The summed E-state index contributed by atoms with van der Waals surface area (Å²) in [7, 11) is -1.30. The van der Waals surface area contributed by atoms with Crippen molar-refractivity contribution >= 4 is 10.3 Å². The number of hydrogen-bond acceptors (Lipinski definition) is 2. The molecule has 1 aliphatic heterocycles. The third kappa shape index (κ3) is 3.14.